The molecule has 2 rings (SSSR count). The molecule has 2 atom stereocenters. The third kappa shape index (κ3) is 2.42. The lowest BCUT2D eigenvalue weighted by Gasteiger charge is -2.33. The van der Waals surface area contributed by atoms with Gasteiger partial charge in [-0.1, -0.05) is 11.6 Å². The lowest BCUT2D eigenvalue weighted by Crippen LogP contribution is -2.40. The van der Waals surface area contributed by atoms with Crippen molar-refractivity contribution in [2.75, 3.05) is 18.9 Å². The Kier molecular flexibility index (Phi) is 3.56. The van der Waals surface area contributed by atoms with E-state index in [1.54, 1.807) is 0 Å². The predicted molar refractivity (Wildman–Crippen MR) is 67.5 cm³/mol. The fourth-order valence-corrected chi connectivity index (χ4v) is 2.09. The van der Waals surface area contributed by atoms with Crippen LogP contribution in [0.2, 0.25) is 5.02 Å². The molecule has 1 aromatic carbocycles. The van der Waals surface area contributed by atoms with Crippen LogP contribution in [0.5, 0.6) is 5.75 Å². The van der Waals surface area contributed by atoms with Crippen molar-refractivity contribution in [3.63, 3.8) is 0 Å². The molecular weight excluding hydrogens is 224 g/mol. The van der Waals surface area contributed by atoms with Crippen molar-refractivity contribution in [1.82, 2.24) is 5.32 Å². The fourth-order valence-electron chi connectivity index (χ4n) is 1.92. The molecule has 1 heterocycles. The van der Waals surface area contributed by atoms with Gasteiger partial charge in [-0.25, -0.2) is 0 Å². The Morgan fingerprint density at radius 3 is 3.06 bits per heavy atom. The molecule has 0 aromatic heterocycles. The molecule has 0 radical (unpaired) electrons. The molecule has 4 heteroatoms. The molecule has 0 amide bonds. The Morgan fingerprint density at radius 1 is 1.50 bits per heavy atom. The molecule has 0 saturated heterocycles. The molecule has 0 saturated carbocycles. The molecule has 3 nitrogen and oxygen atoms in total. The minimum absolute atomic E-state index is 0.209. The van der Waals surface area contributed by atoms with E-state index in [2.05, 4.69) is 17.6 Å². The molecule has 1 aliphatic heterocycles. The van der Waals surface area contributed by atoms with Crippen LogP contribution in [0.15, 0.2) is 18.2 Å². The van der Waals surface area contributed by atoms with Gasteiger partial charge in [0.25, 0.3) is 0 Å². The zero-order valence-electron chi connectivity index (χ0n) is 9.59. The van der Waals surface area contributed by atoms with Crippen molar-refractivity contribution >= 4 is 17.3 Å². The van der Waals surface area contributed by atoms with Crippen molar-refractivity contribution in [2.45, 2.75) is 25.5 Å². The highest BCUT2D eigenvalue weighted by atomic mass is 35.5. The van der Waals surface area contributed by atoms with Gasteiger partial charge in [0.2, 0.25) is 0 Å². The largest absolute Gasteiger partial charge is 0.486 e. The molecular formula is C12H17ClN2O. The van der Waals surface area contributed by atoms with Crippen LogP contribution >= 0.6 is 11.6 Å². The van der Waals surface area contributed by atoms with Crippen molar-refractivity contribution in [3.05, 3.63) is 23.2 Å². The van der Waals surface area contributed by atoms with Crippen LogP contribution in [-0.4, -0.2) is 25.7 Å². The normalized spacial score (nSPS) is 23.2. The minimum Gasteiger partial charge on any atom is -0.486 e. The third-order valence-electron chi connectivity index (χ3n) is 2.84. The monoisotopic (exact) mass is 240 g/mol. The summed E-state index contributed by atoms with van der Waals surface area (Å²) in [5, 5.41) is 7.29. The van der Waals surface area contributed by atoms with Gasteiger partial charge < -0.3 is 15.4 Å². The zero-order valence-corrected chi connectivity index (χ0v) is 10.3. The Hall–Kier alpha value is -0.930. The number of rotatable bonds is 3. The second-order valence-electron chi connectivity index (χ2n) is 4.12. The van der Waals surface area contributed by atoms with Crippen molar-refractivity contribution in [2.24, 2.45) is 0 Å². The predicted octanol–water partition coefficient (Wildman–Crippen LogP) is 2.51. The van der Waals surface area contributed by atoms with Gasteiger partial charge in [-0.3, -0.25) is 0 Å². The van der Waals surface area contributed by atoms with Crippen LogP contribution in [0, 0.1) is 0 Å². The molecule has 16 heavy (non-hydrogen) atoms. The molecule has 0 bridgehead atoms. The number of nitrogens with one attached hydrogen (secondary N) is 2. The number of anilines is 1. The van der Waals surface area contributed by atoms with Crippen LogP contribution in [0.1, 0.15) is 13.3 Å². The summed E-state index contributed by atoms with van der Waals surface area (Å²) in [5.41, 5.74) is 0.987. The second-order valence-corrected chi connectivity index (χ2v) is 4.56. The Labute approximate surface area is 101 Å². The lowest BCUT2D eigenvalue weighted by atomic mass is 10.1. The number of fused-ring (bicyclic) bond motifs is 1. The molecule has 0 spiro atoms. The van der Waals surface area contributed by atoms with Crippen molar-refractivity contribution < 1.29 is 4.74 Å². The summed E-state index contributed by atoms with van der Waals surface area (Å²) in [4.78, 5) is 0. The van der Waals surface area contributed by atoms with Crippen molar-refractivity contribution in [1.29, 1.82) is 0 Å². The Morgan fingerprint density at radius 2 is 2.31 bits per heavy atom. The molecule has 0 aliphatic carbocycles. The molecule has 88 valence electrons. The number of halogens is 1. The highest BCUT2D eigenvalue weighted by Gasteiger charge is 2.25. The van der Waals surface area contributed by atoms with Crippen LogP contribution < -0.4 is 15.4 Å². The highest BCUT2D eigenvalue weighted by Crippen LogP contribution is 2.34. The maximum Gasteiger partial charge on any atom is 0.143 e. The van der Waals surface area contributed by atoms with E-state index in [0.717, 1.165) is 29.4 Å². The average molecular weight is 241 g/mol. The number of benzene rings is 1. The van der Waals surface area contributed by atoms with E-state index in [0.29, 0.717) is 6.04 Å². The topological polar surface area (TPSA) is 33.3 Å². The lowest BCUT2D eigenvalue weighted by molar-refractivity contribution is 0.165. The quantitative estimate of drug-likeness (QED) is 0.852. The summed E-state index contributed by atoms with van der Waals surface area (Å²) in [7, 11) is 1.95. The SMILES string of the molecule is CNCCC1Oc2ccc(Cl)cc2NC1C. The van der Waals surface area contributed by atoms with E-state index in [1.165, 1.54) is 0 Å². The van der Waals surface area contributed by atoms with Crippen LogP contribution in [-0.2, 0) is 0 Å². The van der Waals surface area contributed by atoms with Crippen molar-refractivity contribution in [3.8, 4) is 5.75 Å². The van der Waals surface area contributed by atoms with Gasteiger partial charge in [0.15, 0.2) is 0 Å². The molecule has 1 aromatic rings. The van der Waals surface area contributed by atoms with Crippen LogP contribution in [0.3, 0.4) is 0 Å². The van der Waals surface area contributed by atoms with Gasteiger partial charge in [0, 0.05) is 5.02 Å². The van der Waals surface area contributed by atoms with Gasteiger partial charge in [-0.05, 0) is 45.1 Å². The number of hydrogen-bond donors (Lipinski definition) is 2. The maximum atomic E-state index is 5.94. The first-order valence-corrected chi connectivity index (χ1v) is 5.96. The first kappa shape index (κ1) is 11.6. The molecule has 2 unspecified atom stereocenters. The Balaban J connectivity index is 2.12. The highest BCUT2D eigenvalue weighted by molar-refractivity contribution is 6.30. The maximum absolute atomic E-state index is 5.94. The summed E-state index contributed by atoms with van der Waals surface area (Å²) >= 11 is 5.94. The van der Waals surface area contributed by atoms with E-state index >= 15 is 0 Å². The van der Waals surface area contributed by atoms with Gasteiger partial charge >= 0.3 is 0 Å². The van der Waals surface area contributed by atoms with Gasteiger partial charge in [0.1, 0.15) is 11.9 Å². The molecule has 1 aliphatic rings. The van der Waals surface area contributed by atoms with Gasteiger partial charge in [-0.2, -0.15) is 0 Å². The summed E-state index contributed by atoms with van der Waals surface area (Å²) in [6, 6.07) is 5.98. The van der Waals surface area contributed by atoms with E-state index in [9.17, 15) is 0 Å². The van der Waals surface area contributed by atoms with E-state index in [4.69, 9.17) is 16.3 Å². The van der Waals surface area contributed by atoms with Crippen LogP contribution in [0.4, 0.5) is 5.69 Å². The Bertz CT molecular complexity index is 370. The standard InChI is InChI=1S/C12H17ClN2O/c1-8-11(5-6-14-2)16-12-4-3-9(13)7-10(12)15-8/h3-4,7-8,11,14-15H,5-6H2,1-2H3. The third-order valence-corrected chi connectivity index (χ3v) is 3.07. The minimum atomic E-state index is 0.209. The zero-order chi connectivity index (χ0) is 11.5. The summed E-state index contributed by atoms with van der Waals surface area (Å²) < 4.78 is 5.94. The summed E-state index contributed by atoms with van der Waals surface area (Å²) in [5.74, 6) is 0.892. The summed E-state index contributed by atoms with van der Waals surface area (Å²) in [6.07, 6.45) is 1.20. The molecule has 2 N–H and O–H groups in total. The second kappa shape index (κ2) is 4.93. The first-order valence-electron chi connectivity index (χ1n) is 5.58. The van der Waals surface area contributed by atoms with E-state index in [1.807, 2.05) is 25.2 Å². The average Bonchev–Trinajstić information content (AvgIpc) is 2.26. The van der Waals surface area contributed by atoms with Gasteiger partial charge in [0.05, 0.1) is 11.7 Å². The van der Waals surface area contributed by atoms with Gasteiger partial charge in [-0.15, -0.1) is 0 Å². The van der Waals surface area contributed by atoms with Crippen LogP contribution in [0.25, 0.3) is 0 Å². The molecule has 0 fully saturated rings. The van der Waals surface area contributed by atoms with E-state index in [-0.39, 0.29) is 6.10 Å². The van der Waals surface area contributed by atoms with E-state index < -0.39 is 0 Å². The smallest absolute Gasteiger partial charge is 0.143 e. The number of ether oxygens (including phenoxy) is 1. The number of hydrogen-bond acceptors (Lipinski definition) is 3. The summed E-state index contributed by atoms with van der Waals surface area (Å²) in [6.45, 7) is 3.09. The first-order chi connectivity index (χ1) is 7.70. The fraction of sp³-hybridized carbons (Fsp3) is 0.500.